The maximum atomic E-state index is 12.8. The summed E-state index contributed by atoms with van der Waals surface area (Å²) in [5, 5.41) is 13.8. The number of allylic oxidation sites excluding steroid dienone is 2. The van der Waals surface area contributed by atoms with Crippen molar-refractivity contribution in [2.45, 2.75) is 231 Å². The topological polar surface area (TPSA) is 108 Å². The van der Waals surface area contributed by atoms with Crippen LogP contribution in [0.1, 0.15) is 219 Å². The number of hydrogen-bond acceptors (Lipinski definition) is 6. The number of carbonyl (C=O) groups excluding carboxylic acids is 1. The summed E-state index contributed by atoms with van der Waals surface area (Å²) in [5.74, 6) is -0.166. The molecule has 8 nitrogen and oxygen atoms in total. The van der Waals surface area contributed by atoms with Crippen molar-refractivity contribution in [1.82, 2.24) is 5.32 Å². The summed E-state index contributed by atoms with van der Waals surface area (Å²) in [7, 11) is 1.31. The summed E-state index contributed by atoms with van der Waals surface area (Å²) in [6, 6.07) is -0.795. The van der Waals surface area contributed by atoms with E-state index in [1.807, 2.05) is 21.1 Å². The molecular weight excluding hydrogens is 695 g/mol. The fraction of sp³-hybridized carbons (Fsp3) is 0.933. The van der Waals surface area contributed by atoms with Crippen molar-refractivity contribution in [3.63, 3.8) is 0 Å². The van der Waals surface area contributed by atoms with Crippen molar-refractivity contribution in [2.24, 2.45) is 0 Å². The zero-order valence-corrected chi connectivity index (χ0v) is 37.3. The molecule has 9 heteroatoms. The van der Waals surface area contributed by atoms with E-state index in [1.165, 1.54) is 154 Å². The molecule has 3 unspecified atom stereocenters. The summed E-state index contributed by atoms with van der Waals surface area (Å²) in [5.41, 5.74) is 0. The van der Waals surface area contributed by atoms with Gasteiger partial charge in [-0.15, -0.1) is 0 Å². The van der Waals surface area contributed by atoms with Gasteiger partial charge in [0.25, 0.3) is 7.82 Å². The highest BCUT2D eigenvalue weighted by atomic mass is 31.2. The fourth-order valence-electron chi connectivity index (χ4n) is 6.80. The van der Waals surface area contributed by atoms with Gasteiger partial charge in [0.05, 0.1) is 39.9 Å². The number of aliphatic hydroxyl groups is 1. The van der Waals surface area contributed by atoms with Crippen LogP contribution in [0.3, 0.4) is 0 Å². The summed E-state index contributed by atoms with van der Waals surface area (Å²) in [6.45, 7) is 4.70. The molecule has 2 N–H and O–H groups in total. The molecular formula is C45H91N2O6P. The monoisotopic (exact) mass is 787 g/mol. The van der Waals surface area contributed by atoms with Gasteiger partial charge in [0, 0.05) is 6.42 Å². The Hall–Kier alpha value is -0.760. The van der Waals surface area contributed by atoms with E-state index in [9.17, 15) is 19.4 Å². The number of unbranched alkanes of at least 4 members (excludes halogenated alkanes) is 27. The van der Waals surface area contributed by atoms with Gasteiger partial charge < -0.3 is 28.8 Å². The van der Waals surface area contributed by atoms with E-state index in [0.717, 1.165) is 38.5 Å². The van der Waals surface area contributed by atoms with Crippen molar-refractivity contribution in [2.75, 3.05) is 40.9 Å². The Labute approximate surface area is 335 Å². The molecule has 0 radical (unpaired) electrons. The molecule has 0 saturated carbocycles. The first kappa shape index (κ1) is 53.2. The molecule has 0 spiro atoms. The predicted octanol–water partition coefficient (Wildman–Crippen LogP) is 12.1. The largest absolute Gasteiger partial charge is 0.756 e. The van der Waals surface area contributed by atoms with Crippen molar-refractivity contribution < 1.29 is 32.9 Å². The van der Waals surface area contributed by atoms with E-state index in [-0.39, 0.29) is 19.1 Å². The smallest absolute Gasteiger partial charge is 0.268 e. The Balaban J connectivity index is 4.14. The molecule has 3 atom stereocenters. The van der Waals surface area contributed by atoms with Crippen LogP contribution in [0.15, 0.2) is 12.2 Å². The molecule has 54 heavy (non-hydrogen) atoms. The van der Waals surface area contributed by atoms with Gasteiger partial charge in [-0.25, -0.2) is 0 Å². The molecule has 322 valence electrons. The van der Waals surface area contributed by atoms with Crippen molar-refractivity contribution in [3.05, 3.63) is 12.2 Å². The Morgan fingerprint density at radius 2 is 1.02 bits per heavy atom. The average Bonchev–Trinajstić information content (AvgIpc) is 3.12. The number of hydrogen-bond donors (Lipinski definition) is 2. The molecule has 0 aromatic rings. The number of carbonyl (C=O) groups is 1. The van der Waals surface area contributed by atoms with Gasteiger partial charge >= 0.3 is 0 Å². The third-order valence-corrected chi connectivity index (χ3v) is 11.5. The van der Waals surface area contributed by atoms with E-state index in [2.05, 4.69) is 31.3 Å². The molecule has 0 aliphatic carbocycles. The number of phosphoric ester groups is 1. The van der Waals surface area contributed by atoms with Crippen molar-refractivity contribution in [1.29, 1.82) is 0 Å². The van der Waals surface area contributed by atoms with Gasteiger partial charge in [0.1, 0.15) is 13.2 Å². The first-order valence-corrected chi connectivity index (χ1v) is 24.5. The SMILES string of the molecule is CCCCCCCCCC/C=C\CCCCCCCCCCCCCC(=O)NC(COP(=O)([O-])OCC[N+](C)(C)C)C(O)CCCCCCCCCCC. The quantitative estimate of drug-likeness (QED) is 0.0276. The lowest BCUT2D eigenvalue weighted by atomic mass is 10.0. The lowest BCUT2D eigenvalue weighted by Gasteiger charge is -2.30. The molecule has 0 aliphatic heterocycles. The second kappa shape index (κ2) is 37.8. The zero-order valence-electron chi connectivity index (χ0n) is 36.4. The van der Waals surface area contributed by atoms with Crippen LogP contribution in [0.25, 0.3) is 0 Å². The van der Waals surface area contributed by atoms with Gasteiger partial charge in [-0.3, -0.25) is 9.36 Å². The second-order valence-electron chi connectivity index (χ2n) is 17.1. The Morgan fingerprint density at radius 3 is 1.44 bits per heavy atom. The summed E-state index contributed by atoms with van der Waals surface area (Å²) in [4.78, 5) is 25.3. The molecule has 0 aliphatic rings. The molecule has 0 heterocycles. The fourth-order valence-corrected chi connectivity index (χ4v) is 7.52. The highest BCUT2D eigenvalue weighted by Crippen LogP contribution is 2.38. The van der Waals surface area contributed by atoms with Gasteiger partial charge in [0.2, 0.25) is 5.91 Å². The molecule has 0 aromatic carbocycles. The molecule has 0 aromatic heterocycles. The standard InChI is InChI=1S/C45H91N2O6P/c1-6-8-10-12-14-16-17-18-19-20-21-22-23-24-25-26-27-28-29-31-33-35-37-39-45(49)46-43(42-53-54(50,51)52-41-40-47(3,4)5)44(48)38-36-34-32-30-15-13-11-9-7-2/h20-21,43-44,48H,6-19,22-42H2,1-5H3,(H-,46,49,50,51)/b21-20-. The normalized spacial score (nSPS) is 14.4. The number of nitrogens with zero attached hydrogens (tertiary/aromatic N) is 1. The van der Waals surface area contributed by atoms with Gasteiger partial charge in [-0.05, 0) is 38.5 Å². The number of quaternary nitrogens is 1. The van der Waals surface area contributed by atoms with Gasteiger partial charge in [-0.1, -0.05) is 187 Å². The van der Waals surface area contributed by atoms with Crippen LogP contribution < -0.4 is 10.2 Å². The first-order valence-electron chi connectivity index (χ1n) is 23.0. The van der Waals surface area contributed by atoms with E-state index >= 15 is 0 Å². The number of amides is 1. The lowest BCUT2D eigenvalue weighted by Crippen LogP contribution is -2.46. The Bertz CT molecular complexity index is 896. The van der Waals surface area contributed by atoms with E-state index in [0.29, 0.717) is 23.9 Å². The van der Waals surface area contributed by atoms with Crippen LogP contribution in [0, 0.1) is 0 Å². The third-order valence-electron chi connectivity index (χ3n) is 10.5. The van der Waals surface area contributed by atoms with E-state index in [4.69, 9.17) is 9.05 Å². The number of phosphoric acid groups is 1. The van der Waals surface area contributed by atoms with Crippen molar-refractivity contribution in [3.8, 4) is 0 Å². The van der Waals surface area contributed by atoms with E-state index < -0.39 is 20.0 Å². The lowest BCUT2D eigenvalue weighted by molar-refractivity contribution is -0.870. The summed E-state index contributed by atoms with van der Waals surface area (Å²) < 4.78 is 23.2. The van der Waals surface area contributed by atoms with Crippen molar-refractivity contribution >= 4 is 13.7 Å². The summed E-state index contributed by atoms with van der Waals surface area (Å²) in [6.07, 6.45) is 42.3. The minimum Gasteiger partial charge on any atom is -0.756 e. The number of aliphatic hydroxyl groups excluding tert-OH is 1. The molecule has 0 bridgehead atoms. The third kappa shape index (κ3) is 39.5. The minimum atomic E-state index is -4.55. The predicted molar refractivity (Wildman–Crippen MR) is 229 cm³/mol. The Kier molecular flexibility index (Phi) is 37.3. The maximum absolute atomic E-state index is 12.8. The zero-order chi connectivity index (χ0) is 40.0. The molecule has 0 rings (SSSR count). The molecule has 0 fully saturated rings. The van der Waals surface area contributed by atoms with Gasteiger partial charge in [0.15, 0.2) is 0 Å². The first-order chi connectivity index (χ1) is 26.0. The minimum absolute atomic E-state index is 0.0137. The van der Waals surface area contributed by atoms with Crippen LogP contribution >= 0.6 is 7.82 Å². The highest BCUT2D eigenvalue weighted by Gasteiger charge is 2.24. The van der Waals surface area contributed by atoms with Crippen LogP contribution in [-0.2, 0) is 18.4 Å². The number of rotatable bonds is 42. The Morgan fingerprint density at radius 1 is 0.630 bits per heavy atom. The number of nitrogens with one attached hydrogen (secondary N) is 1. The van der Waals surface area contributed by atoms with Crippen LogP contribution in [-0.4, -0.2) is 68.5 Å². The van der Waals surface area contributed by atoms with Crippen LogP contribution in [0.2, 0.25) is 0 Å². The van der Waals surface area contributed by atoms with Crippen LogP contribution in [0.4, 0.5) is 0 Å². The second-order valence-corrected chi connectivity index (χ2v) is 18.5. The highest BCUT2D eigenvalue weighted by molar-refractivity contribution is 7.45. The maximum Gasteiger partial charge on any atom is 0.268 e. The summed E-state index contributed by atoms with van der Waals surface area (Å²) >= 11 is 0. The van der Waals surface area contributed by atoms with E-state index in [1.54, 1.807) is 0 Å². The molecule has 0 saturated heterocycles. The average molecular weight is 787 g/mol. The van der Waals surface area contributed by atoms with Crippen LogP contribution in [0.5, 0.6) is 0 Å². The molecule has 1 amide bonds. The number of likely N-dealkylation sites (N-methyl/N-ethyl adjacent to an activating group) is 1. The van der Waals surface area contributed by atoms with Gasteiger partial charge in [-0.2, -0.15) is 0 Å².